The van der Waals surface area contributed by atoms with Crippen molar-refractivity contribution < 1.29 is 13.2 Å². The minimum absolute atomic E-state index is 0.0972. The Balaban J connectivity index is 1.27. The molecule has 0 atom stereocenters. The molecule has 4 rings (SSSR count). The Morgan fingerprint density at radius 1 is 1.06 bits per heavy atom. The van der Waals surface area contributed by atoms with Gasteiger partial charge in [0.15, 0.2) is 0 Å². The molecule has 1 aliphatic heterocycles. The molecule has 0 bridgehead atoms. The number of hydrogen-bond donors (Lipinski definition) is 1. The van der Waals surface area contributed by atoms with Gasteiger partial charge in [-0.15, -0.1) is 0 Å². The highest BCUT2D eigenvalue weighted by atomic mass is 32.2. The Labute approximate surface area is 183 Å². The summed E-state index contributed by atoms with van der Waals surface area (Å²) in [4.78, 5) is 14.5. The van der Waals surface area contributed by atoms with E-state index in [0.29, 0.717) is 32.2 Å². The van der Waals surface area contributed by atoms with E-state index in [1.807, 2.05) is 46.0 Å². The fourth-order valence-corrected chi connectivity index (χ4v) is 5.37. The average molecular weight is 444 g/mol. The largest absolute Gasteiger partial charge is 0.310 e. The van der Waals surface area contributed by atoms with Crippen LogP contribution in [-0.2, 0) is 14.8 Å². The summed E-state index contributed by atoms with van der Waals surface area (Å²) in [5.41, 5.74) is 0.846. The molecule has 0 spiro atoms. The Morgan fingerprint density at radius 2 is 1.77 bits per heavy atom. The highest BCUT2D eigenvalue weighted by molar-refractivity contribution is 7.92. The molecule has 1 amide bonds. The van der Waals surface area contributed by atoms with Gasteiger partial charge in [-0.2, -0.15) is 9.40 Å². The first-order valence-electron chi connectivity index (χ1n) is 10.8. The Bertz CT molecular complexity index is 1000. The molecule has 166 valence electrons. The van der Waals surface area contributed by atoms with Crippen molar-refractivity contribution in [3.8, 4) is 0 Å². The number of hydrogen-bond acceptors (Lipinski definition) is 5. The number of sulfonamides is 1. The van der Waals surface area contributed by atoms with E-state index >= 15 is 0 Å². The molecule has 2 heterocycles. The van der Waals surface area contributed by atoms with Crippen LogP contribution >= 0.6 is 0 Å². The fraction of sp³-hybridized carbons (Fsp3) is 0.455. The maximum atomic E-state index is 12.6. The van der Waals surface area contributed by atoms with Crippen LogP contribution in [0.2, 0.25) is 0 Å². The number of nitrogens with zero attached hydrogens (tertiary/aromatic N) is 4. The van der Waals surface area contributed by atoms with E-state index in [4.69, 9.17) is 0 Å². The van der Waals surface area contributed by atoms with Crippen LogP contribution in [0.5, 0.6) is 0 Å². The molecule has 8 nitrogen and oxygen atoms in total. The van der Waals surface area contributed by atoms with Gasteiger partial charge in [0.2, 0.25) is 15.9 Å². The summed E-state index contributed by atoms with van der Waals surface area (Å²) in [7, 11) is -3.48. The molecule has 1 aromatic carbocycles. The summed E-state index contributed by atoms with van der Waals surface area (Å²) in [6, 6.07) is 11.6. The van der Waals surface area contributed by atoms with Crippen molar-refractivity contribution >= 4 is 27.8 Å². The van der Waals surface area contributed by atoms with Crippen molar-refractivity contribution in [1.29, 1.82) is 0 Å². The predicted molar refractivity (Wildman–Crippen MR) is 121 cm³/mol. The van der Waals surface area contributed by atoms with Crippen molar-refractivity contribution in [2.45, 2.75) is 31.7 Å². The number of carbonyl (C=O) groups is 1. The van der Waals surface area contributed by atoms with E-state index in [2.05, 4.69) is 10.4 Å². The summed E-state index contributed by atoms with van der Waals surface area (Å²) in [5.74, 6) is 0.643. The van der Waals surface area contributed by atoms with E-state index in [-0.39, 0.29) is 12.5 Å². The minimum atomic E-state index is -3.48. The first kappa shape index (κ1) is 21.7. The van der Waals surface area contributed by atoms with E-state index in [9.17, 15) is 13.2 Å². The molecule has 2 aromatic rings. The third-order valence-corrected chi connectivity index (χ3v) is 7.46. The lowest BCUT2D eigenvalue weighted by Crippen LogP contribution is -2.50. The maximum absolute atomic E-state index is 12.6. The Kier molecular flexibility index (Phi) is 6.84. The highest BCUT2D eigenvalue weighted by Crippen LogP contribution is 2.31. The highest BCUT2D eigenvalue weighted by Gasteiger charge is 2.26. The van der Waals surface area contributed by atoms with Gasteiger partial charge in [-0.05, 0) is 24.5 Å². The molecular weight excluding hydrogens is 414 g/mol. The molecule has 31 heavy (non-hydrogen) atoms. The van der Waals surface area contributed by atoms with Crippen molar-refractivity contribution in [2.24, 2.45) is 0 Å². The van der Waals surface area contributed by atoms with Crippen molar-refractivity contribution in [3.63, 3.8) is 0 Å². The van der Waals surface area contributed by atoms with Crippen LogP contribution in [0.1, 0.15) is 37.3 Å². The van der Waals surface area contributed by atoms with Gasteiger partial charge in [-0.1, -0.05) is 43.2 Å². The van der Waals surface area contributed by atoms with Crippen molar-refractivity contribution in [1.82, 2.24) is 19.0 Å². The van der Waals surface area contributed by atoms with Crippen LogP contribution in [0, 0.1) is 0 Å². The molecule has 2 aliphatic rings. The van der Waals surface area contributed by atoms with Gasteiger partial charge in [0, 0.05) is 37.7 Å². The van der Waals surface area contributed by atoms with Gasteiger partial charge < -0.3 is 5.32 Å². The second-order valence-electron chi connectivity index (χ2n) is 8.08. The molecule has 1 N–H and O–H groups in total. The molecule has 9 heteroatoms. The van der Waals surface area contributed by atoms with Gasteiger partial charge in [0.1, 0.15) is 5.82 Å². The Morgan fingerprint density at radius 3 is 2.48 bits per heavy atom. The first-order chi connectivity index (χ1) is 15.0. The molecule has 1 saturated heterocycles. The van der Waals surface area contributed by atoms with Gasteiger partial charge in [0.05, 0.1) is 18.8 Å². The SMILES string of the molecule is O=C(CN1CCN(S(=O)(=O)C=Cc2ccccc2)CC1)Nc1ccnn1C1CCCC1. The number of carbonyl (C=O) groups excluding carboxylic acids is 1. The second-order valence-corrected chi connectivity index (χ2v) is 9.90. The topological polar surface area (TPSA) is 87.5 Å². The quantitative estimate of drug-likeness (QED) is 0.711. The summed E-state index contributed by atoms with van der Waals surface area (Å²) in [6.45, 7) is 2.02. The van der Waals surface area contributed by atoms with E-state index in [1.54, 1.807) is 12.3 Å². The number of nitrogens with one attached hydrogen (secondary N) is 1. The van der Waals surface area contributed by atoms with E-state index in [0.717, 1.165) is 24.2 Å². The number of piperazine rings is 1. The van der Waals surface area contributed by atoms with Gasteiger partial charge in [0.25, 0.3) is 0 Å². The van der Waals surface area contributed by atoms with Gasteiger partial charge in [-0.25, -0.2) is 13.1 Å². The maximum Gasteiger partial charge on any atom is 0.239 e. The van der Waals surface area contributed by atoms with Crippen LogP contribution in [-0.4, -0.2) is 66.0 Å². The Hall–Kier alpha value is -2.49. The lowest BCUT2D eigenvalue weighted by molar-refractivity contribution is -0.117. The fourth-order valence-electron chi connectivity index (χ4n) is 4.20. The summed E-state index contributed by atoms with van der Waals surface area (Å²) in [5, 5.41) is 8.61. The smallest absolute Gasteiger partial charge is 0.239 e. The number of benzene rings is 1. The van der Waals surface area contributed by atoms with Crippen LogP contribution in [0.15, 0.2) is 48.0 Å². The second kappa shape index (κ2) is 9.76. The number of aromatic nitrogens is 2. The van der Waals surface area contributed by atoms with Crippen LogP contribution in [0.25, 0.3) is 6.08 Å². The third-order valence-electron chi connectivity index (χ3n) is 5.90. The number of anilines is 1. The lowest BCUT2D eigenvalue weighted by atomic mass is 10.2. The zero-order valence-corrected chi connectivity index (χ0v) is 18.4. The molecule has 1 aliphatic carbocycles. The first-order valence-corrected chi connectivity index (χ1v) is 12.3. The number of rotatable bonds is 7. The van der Waals surface area contributed by atoms with Gasteiger partial charge >= 0.3 is 0 Å². The number of amides is 1. The molecular formula is C22H29N5O3S. The van der Waals surface area contributed by atoms with Crippen molar-refractivity contribution in [3.05, 3.63) is 53.6 Å². The third kappa shape index (κ3) is 5.61. The summed E-state index contributed by atoms with van der Waals surface area (Å²) >= 11 is 0. The molecule has 0 radical (unpaired) electrons. The lowest BCUT2D eigenvalue weighted by Gasteiger charge is -2.32. The van der Waals surface area contributed by atoms with E-state index in [1.165, 1.54) is 22.6 Å². The minimum Gasteiger partial charge on any atom is -0.310 e. The van der Waals surface area contributed by atoms with Crippen LogP contribution in [0.4, 0.5) is 5.82 Å². The standard InChI is InChI=1S/C22H29N5O3S/c28-22(24-21-10-12-23-27(21)20-8-4-5-9-20)18-25-13-15-26(16-14-25)31(29,30)17-11-19-6-2-1-3-7-19/h1-3,6-7,10-12,17,20H,4-5,8-9,13-16,18H2,(H,24,28). The van der Waals surface area contributed by atoms with Gasteiger partial charge in [-0.3, -0.25) is 9.69 Å². The normalized spacial score (nSPS) is 19.2. The van der Waals surface area contributed by atoms with Crippen molar-refractivity contribution in [2.75, 3.05) is 38.0 Å². The molecule has 1 aromatic heterocycles. The zero-order valence-electron chi connectivity index (χ0n) is 17.6. The predicted octanol–water partition coefficient (Wildman–Crippen LogP) is 2.55. The average Bonchev–Trinajstić information content (AvgIpc) is 3.45. The van der Waals surface area contributed by atoms with E-state index < -0.39 is 10.0 Å². The molecule has 1 saturated carbocycles. The summed E-state index contributed by atoms with van der Waals surface area (Å²) in [6.07, 6.45) is 7.93. The molecule has 0 unspecified atom stereocenters. The monoisotopic (exact) mass is 443 g/mol. The molecule has 2 fully saturated rings. The summed E-state index contributed by atoms with van der Waals surface area (Å²) < 4.78 is 28.6. The zero-order chi connectivity index (χ0) is 21.7. The van der Waals surface area contributed by atoms with Crippen LogP contribution < -0.4 is 5.32 Å². The van der Waals surface area contributed by atoms with Crippen LogP contribution in [0.3, 0.4) is 0 Å².